The smallest absolute Gasteiger partial charge is 0.303 e. The van der Waals surface area contributed by atoms with E-state index in [1.807, 2.05) is 0 Å². The van der Waals surface area contributed by atoms with E-state index in [9.17, 15) is 0 Å². The predicted octanol–water partition coefficient (Wildman–Crippen LogP) is 1.71. The van der Waals surface area contributed by atoms with Crippen molar-refractivity contribution in [2.24, 2.45) is 0 Å². The van der Waals surface area contributed by atoms with Crippen molar-refractivity contribution in [3.05, 3.63) is 39.0 Å². The van der Waals surface area contributed by atoms with E-state index in [1.54, 1.807) is 0 Å². The fourth-order valence-electron chi connectivity index (χ4n) is 3.39. The first-order valence-electron chi connectivity index (χ1n) is 8.97. The van der Waals surface area contributed by atoms with Crippen LogP contribution >= 0.6 is 0 Å². The van der Waals surface area contributed by atoms with Crippen molar-refractivity contribution in [1.29, 1.82) is 0 Å². The lowest BCUT2D eigenvalue weighted by atomic mass is 9.85. The highest BCUT2D eigenvalue weighted by molar-refractivity contribution is 6.60. The van der Waals surface area contributed by atoms with E-state index >= 15 is 0 Å². The standard InChI is InChI=1S/C17H32O4Si4/c1-10(8-9-25-20-23-18-22-19-24-21-25)11(2)17-15(6)13(4)12(3)14(5)16(17)7/h25H,8-9,22-24H2,1-7H3. The van der Waals surface area contributed by atoms with Gasteiger partial charge in [0.25, 0.3) is 30.0 Å². The molecule has 0 aromatic heterocycles. The predicted molar refractivity (Wildman–Crippen MR) is 115 cm³/mol. The van der Waals surface area contributed by atoms with E-state index in [1.165, 1.54) is 44.5 Å². The van der Waals surface area contributed by atoms with Gasteiger partial charge in [-0.1, -0.05) is 5.57 Å². The van der Waals surface area contributed by atoms with E-state index < -0.39 is 39.3 Å². The van der Waals surface area contributed by atoms with Gasteiger partial charge in [-0.3, -0.25) is 0 Å². The van der Waals surface area contributed by atoms with Gasteiger partial charge >= 0.3 is 9.28 Å². The normalized spacial score (nSPS) is 22.9. The van der Waals surface area contributed by atoms with Crippen LogP contribution in [0, 0.1) is 34.6 Å². The highest BCUT2D eigenvalue weighted by atomic mass is 28.4. The largest absolute Gasteiger partial charge is 0.425 e. The fourth-order valence-corrected chi connectivity index (χ4v) is 12.4. The van der Waals surface area contributed by atoms with Crippen LogP contribution in [-0.4, -0.2) is 39.3 Å². The third-order valence-electron chi connectivity index (χ3n) is 5.61. The van der Waals surface area contributed by atoms with Gasteiger partial charge in [0.1, 0.15) is 0 Å². The van der Waals surface area contributed by atoms with Crippen LogP contribution in [-0.2, 0) is 16.5 Å². The summed E-state index contributed by atoms with van der Waals surface area (Å²) in [4.78, 5) is 0. The van der Waals surface area contributed by atoms with Crippen molar-refractivity contribution < 1.29 is 16.5 Å². The lowest BCUT2D eigenvalue weighted by Crippen LogP contribution is -2.33. The molecule has 4 nitrogen and oxygen atoms in total. The fraction of sp³-hybridized carbons (Fsp3) is 0.529. The molecule has 1 aromatic carbocycles. The van der Waals surface area contributed by atoms with Crippen LogP contribution in [0.4, 0.5) is 0 Å². The molecule has 0 radical (unpaired) electrons. The number of hydrogen-bond acceptors (Lipinski definition) is 4. The van der Waals surface area contributed by atoms with Crippen molar-refractivity contribution in [3.8, 4) is 0 Å². The molecule has 0 spiro atoms. The van der Waals surface area contributed by atoms with E-state index in [0.29, 0.717) is 0 Å². The molecule has 1 aliphatic rings. The zero-order valence-electron chi connectivity index (χ0n) is 16.7. The zero-order valence-corrected chi connectivity index (χ0v) is 22.1. The lowest BCUT2D eigenvalue weighted by molar-refractivity contribution is 0.328. The summed E-state index contributed by atoms with van der Waals surface area (Å²) in [5.41, 5.74) is 11.4. The van der Waals surface area contributed by atoms with Crippen LogP contribution in [0.2, 0.25) is 6.04 Å². The molecule has 0 saturated carbocycles. The second kappa shape index (κ2) is 9.56. The summed E-state index contributed by atoms with van der Waals surface area (Å²) >= 11 is 0. The van der Waals surface area contributed by atoms with Crippen LogP contribution in [0.5, 0.6) is 0 Å². The van der Waals surface area contributed by atoms with Gasteiger partial charge in [0.15, 0.2) is 0 Å². The Hall–Kier alpha value is -0.332. The minimum atomic E-state index is -1.58. The average Bonchev–Trinajstić information content (AvgIpc) is 2.57. The highest BCUT2D eigenvalue weighted by Crippen LogP contribution is 2.33. The van der Waals surface area contributed by atoms with Crippen LogP contribution in [0.1, 0.15) is 53.6 Å². The van der Waals surface area contributed by atoms with Crippen molar-refractivity contribution >= 4 is 44.9 Å². The molecule has 8 heteroatoms. The summed E-state index contributed by atoms with van der Waals surface area (Å²) < 4.78 is 22.9. The number of benzene rings is 1. The monoisotopic (exact) mass is 412 g/mol. The van der Waals surface area contributed by atoms with Gasteiger partial charge in [0.05, 0.1) is 0 Å². The Labute approximate surface area is 161 Å². The molecule has 1 saturated heterocycles. The molecular weight excluding hydrogens is 381 g/mol. The van der Waals surface area contributed by atoms with Gasteiger partial charge in [-0.2, -0.15) is 0 Å². The van der Waals surface area contributed by atoms with E-state index in [-0.39, 0.29) is 0 Å². The Morgan fingerprint density at radius 2 is 1.24 bits per heavy atom. The molecular formula is C17H32O4Si4. The van der Waals surface area contributed by atoms with Gasteiger partial charge in [-0.15, -0.1) is 0 Å². The van der Waals surface area contributed by atoms with Crippen LogP contribution in [0.25, 0.3) is 5.57 Å². The average molecular weight is 413 g/mol. The number of allylic oxidation sites excluding steroid dienone is 2. The molecule has 0 amide bonds. The van der Waals surface area contributed by atoms with Crippen molar-refractivity contribution in [1.82, 2.24) is 0 Å². The topological polar surface area (TPSA) is 36.9 Å². The first kappa shape index (κ1) is 21.0. The van der Waals surface area contributed by atoms with Gasteiger partial charge < -0.3 is 16.5 Å². The Balaban J connectivity index is 2.18. The molecule has 1 aromatic rings. The van der Waals surface area contributed by atoms with Crippen LogP contribution in [0.3, 0.4) is 0 Å². The number of hydrogen-bond donors (Lipinski definition) is 0. The summed E-state index contributed by atoms with van der Waals surface area (Å²) in [6, 6.07) is 1.01. The maximum Gasteiger partial charge on any atom is 0.303 e. The first-order valence-corrected chi connectivity index (χ1v) is 14.2. The molecule has 0 unspecified atom stereocenters. The third kappa shape index (κ3) is 5.10. The molecule has 1 aliphatic heterocycles. The first-order chi connectivity index (χ1) is 11.8. The Bertz CT molecular complexity index is 624. The van der Waals surface area contributed by atoms with Gasteiger partial charge in [-0.05, 0) is 99.9 Å². The minimum Gasteiger partial charge on any atom is -0.425 e. The van der Waals surface area contributed by atoms with E-state index in [4.69, 9.17) is 16.5 Å². The van der Waals surface area contributed by atoms with Crippen molar-refractivity contribution in [2.45, 2.75) is 60.9 Å². The van der Waals surface area contributed by atoms with E-state index in [0.717, 1.165) is 12.5 Å². The molecule has 140 valence electrons. The molecule has 1 fully saturated rings. The molecule has 25 heavy (non-hydrogen) atoms. The van der Waals surface area contributed by atoms with Gasteiger partial charge in [0, 0.05) is 0 Å². The Kier molecular flexibility index (Phi) is 8.02. The molecule has 0 bridgehead atoms. The molecule has 0 atom stereocenters. The summed E-state index contributed by atoms with van der Waals surface area (Å²) in [6.45, 7) is 15.7. The summed E-state index contributed by atoms with van der Waals surface area (Å²) in [5, 5.41) is 0. The Morgan fingerprint density at radius 1 is 0.760 bits per heavy atom. The zero-order chi connectivity index (χ0) is 18.6. The maximum absolute atomic E-state index is 5.92. The summed E-state index contributed by atoms with van der Waals surface area (Å²) in [6.07, 6.45) is 1.04. The van der Waals surface area contributed by atoms with Crippen molar-refractivity contribution in [2.75, 3.05) is 0 Å². The van der Waals surface area contributed by atoms with Crippen molar-refractivity contribution in [3.63, 3.8) is 0 Å². The maximum atomic E-state index is 5.92. The molecule has 1 heterocycles. The number of rotatable bonds is 4. The van der Waals surface area contributed by atoms with Crippen LogP contribution in [0.15, 0.2) is 5.57 Å². The molecule has 0 aliphatic carbocycles. The minimum absolute atomic E-state index is 0.783. The van der Waals surface area contributed by atoms with Crippen LogP contribution < -0.4 is 0 Å². The highest BCUT2D eigenvalue weighted by Gasteiger charge is 2.18. The summed E-state index contributed by atoms with van der Waals surface area (Å²) in [7, 11) is -4.08. The van der Waals surface area contributed by atoms with Gasteiger partial charge in [-0.25, -0.2) is 0 Å². The SMILES string of the molecule is CC(CC[SiH]1O[SiH2]O[SiH2]O[SiH2]O1)=C(C)c1c(C)c(C)c(C)c(C)c1C. The Morgan fingerprint density at radius 3 is 1.76 bits per heavy atom. The van der Waals surface area contributed by atoms with E-state index in [2.05, 4.69) is 48.5 Å². The molecule has 0 N–H and O–H groups in total. The molecule has 2 rings (SSSR count). The quantitative estimate of drug-likeness (QED) is 0.706. The second-order valence-corrected chi connectivity index (χ2v) is 15.0. The lowest BCUT2D eigenvalue weighted by Gasteiger charge is -2.22. The van der Waals surface area contributed by atoms with Gasteiger partial charge in [0.2, 0.25) is 0 Å². The third-order valence-corrected chi connectivity index (χ3v) is 13.1. The second-order valence-electron chi connectivity index (χ2n) is 6.97. The summed E-state index contributed by atoms with van der Waals surface area (Å²) in [5.74, 6) is 0.